The average molecular weight is 264 g/mol. The fourth-order valence-electron chi connectivity index (χ4n) is 2.73. The largest absolute Gasteiger partial charge is 0.367 e. The van der Waals surface area contributed by atoms with Gasteiger partial charge in [0, 0.05) is 17.9 Å². The number of hydrogen-bond donors (Lipinski definition) is 2. The van der Waals surface area contributed by atoms with Crippen molar-refractivity contribution < 1.29 is 4.74 Å². The van der Waals surface area contributed by atoms with E-state index in [-0.39, 0.29) is 5.60 Å². The smallest absolute Gasteiger partial charge is 0.162 e. The summed E-state index contributed by atoms with van der Waals surface area (Å²) >= 11 is 0. The first kappa shape index (κ1) is 14.2. The lowest BCUT2D eigenvalue weighted by Gasteiger charge is -2.33. The number of hydrogen-bond acceptors (Lipinski definition) is 5. The predicted octanol–water partition coefficient (Wildman–Crippen LogP) is 2.61. The highest BCUT2D eigenvalue weighted by atomic mass is 16.5. The van der Waals surface area contributed by atoms with E-state index in [1.807, 2.05) is 6.92 Å². The van der Waals surface area contributed by atoms with Crippen molar-refractivity contribution in [3.8, 4) is 0 Å². The summed E-state index contributed by atoms with van der Waals surface area (Å²) in [6, 6.07) is 0. The quantitative estimate of drug-likeness (QED) is 0.648. The van der Waals surface area contributed by atoms with Gasteiger partial charge in [-0.1, -0.05) is 13.8 Å². The van der Waals surface area contributed by atoms with Gasteiger partial charge in [0.2, 0.25) is 0 Å². The van der Waals surface area contributed by atoms with Crippen molar-refractivity contribution in [3.05, 3.63) is 17.1 Å². The molecule has 1 aromatic heterocycles. The van der Waals surface area contributed by atoms with Crippen LogP contribution in [0.5, 0.6) is 0 Å². The Morgan fingerprint density at radius 2 is 2.05 bits per heavy atom. The van der Waals surface area contributed by atoms with Crippen LogP contribution in [0.4, 0.5) is 5.82 Å². The molecule has 1 unspecified atom stereocenters. The molecule has 0 amide bonds. The van der Waals surface area contributed by atoms with Gasteiger partial charge >= 0.3 is 0 Å². The third-order valence-corrected chi connectivity index (χ3v) is 3.79. The lowest BCUT2D eigenvalue weighted by molar-refractivity contribution is -0.0760. The van der Waals surface area contributed by atoms with Gasteiger partial charge in [0.1, 0.15) is 11.4 Å². The maximum Gasteiger partial charge on any atom is 0.162 e. The molecule has 2 rings (SSSR count). The molecule has 5 heteroatoms. The second-order valence-electron chi connectivity index (χ2n) is 5.73. The molecule has 1 aliphatic rings. The van der Waals surface area contributed by atoms with Crippen molar-refractivity contribution >= 4 is 5.82 Å². The van der Waals surface area contributed by atoms with Crippen LogP contribution in [0, 0.1) is 6.92 Å². The van der Waals surface area contributed by atoms with E-state index in [1.54, 1.807) is 0 Å². The maximum atomic E-state index is 5.91. The van der Waals surface area contributed by atoms with E-state index >= 15 is 0 Å². The summed E-state index contributed by atoms with van der Waals surface area (Å²) in [6.07, 6.45) is 3.22. The van der Waals surface area contributed by atoms with Gasteiger partial charge in [0.05, 0.1) is 0 Å². The normalized spacial score (nSPS) is 23.7. The van der Waals surface area contributed by atoms with Crippen LogP contribution in [0.15, 0.2) is 0 Å². The molecule has 1 fully saturated rings. The summed E-state index contributed by atoms with van der Waals surface area (Å²) in [6.45, 7) is 9.08. The first-order valence-electron chi connectivity index (χ1n) is 6.97. The minimum Gasteiger partial charge on any atom is -0.367 e. The summed E-state index contributed by atoms with van der Waals surface area (Å²) in [5.41, 5.74) is 4.37. The minimum absolute atomic E-state index is 0.334. The van der Waals surface area contributed by atoms with Gasteiger partial charge in [-0.05, 0) is 39.0 Å². The molecule has 0 radical (unpaired) electrons. The number of aromatic nitrogens is 2. The summed E-state index contributed by atoms with van der Waals surface area (Å²) < 4.78 is 5.91. The SMILES string of the molecule is Cc1nc(C2(C)CCCCO2)nc(NN)c1C(C)C. The van der Waals surface area contributed by atoms with Crippen LogP contribution in [0.1, 0.15) is 63.0 Å². The fourth-order valence-corrected chi connectivity index (χ4v) is 2.73. The minimum atomic E-state index is -0.385. The van der Waals surface area contributed by atoms with Crippen molar-refractivity contribution in [2.24, 2.45) is 5.84 Å². The number of ether oxygens (including phenoxy) is 1. The zero-order chi connectivity index (χ0) is 14.0. The zero-order valence-electron chi connectivity index (χ0n) is 12.3. The molecular weight excluding hydrogens is 240 g/mol. The van der Waals surface area contributed by atoms with Crippen molar-refractivity contribution in [2.45, 2.75) is 58.5 Å². The lowest BCUT2D eigenvalue weighted by Crippen LogP contribution is -2.33. The second kappa shape index (κ2) is 5.43. The van der Waals surface area contributed by atoms with Crippen LogP contribution in [-0.2, 0) is 10.3 Å². The van der Waals surface area contributed by atoms with Gasteiger partial charge in [-0.3, -0.25) is 0 Å². The number of aryl methyl sites for hydroxylation is 1. The Balaban J connectivity index is 2.45. The summed E-state index contributed by atoms with van der Waals surface area (Å²) in [4.78, 5) is 9.26. The fraction of sp³-hybridized carbons (Fsp3) is 0.714. The van der Waals surface area contributed by atoms with Gasteiger partial charge in [-0.25, -0.2) is 15.8 Å². The summed E-state index contributed by atoms with van der Waals surface area (Å²) in [5.74, 6) is 7.40. The van der Waals surface area contributed by atoms with Crippen LogP contribution in [0.25, 0.3) is 0 Å². The predicted molar refractivity (Wildman–Crippen MR) is 75.8 cm³/mol. The molecule has 19 heavy (non-hydrogen) atoms. The number of anilines is 1. The standard InChI is InChI=1S/C14H24N4O/c1-9(2)11-10(3)16-13(17-12(11)18-15)14(4)7-5-6-8-19-14/h9H,5-8,15H2,1-4H3,(H,16,17,18). The van der Waals surface area contributed by atoms with Crippen molar-refractivity contribution in [1.29, 1.82) is 0 Å². The number of rotatable bonds is 3. The topological polar surface area (TPSA) is 73.1 Å². The summed E-state index contributed by atoms with van der Waals surface area (Å²) in [7, 11) is 0. The Morgan fingerprint density at radius 3 is 2.58 bits per heavy atom. The van der Waals surface area contributed by atoms with Crippen LogP contribution >= 0.6 is 0 Å². The van der Waals surface area contributed by atoms with E-state index in [1.165, 1.54) is 0 Å². The van der Waals surface area contributed by atoms with Gasteiger partial charge in [-0.2, -0.15) is 0 Å². The number of nitrogens with one attached hydrogen (secondary N) is 1. The van der Waals surface area contributed by atoms with E-state index in [9.17, 15) is 0 Å². The molecule has 5 nitrogen and oxygen atoms in total. The molecule has 1 aromatic rings. The average Bonchev–Trinajstić information content (AvgIpc) is 2.38. The Hall–Kier alpha value is -1.20. The molecule has 1 saturated heterocycles. The Morgan fingerprint density at radius 1 is 1.32 bits per heavy atom. The first-order valence-corrected chi connectivity index (χ1v) is 6.97. The van der Waals surface area contributed by atoms with Crippen molar-refractivity contribution in [3.63, 3.8) is 0 Å². The zero-order valence-corrected chi connectivity index (χ0v) is 12.3. The number of nitrogens with zero attached hydrogens (tertiary/aromatic N) is 2. The molecule has 0 bridgehead atoms. The maximum absolute atomic E-state index is 5.91. The van der Waals surface area contributed by atoms with E-state index in [0.29, 0.717) is 11.7 Å². The van der Waals surface area contributed by atoms with Gasteiger partial charge < -0.3 is 10.2 Å². The van der Waals surface area contributed by atoms with Crippen molar-refractivity contribution in [1.82, 2.24) is 9.97 Å². The van der Waals surface area contributed by atoms with E-state index in [4.69, 9.17) is 10.6 Å². The summed E-state index contributed by atoms with van der Waals surface area (Å²) in [5, 5.41) is 0. The van der Waals surface area contributed by atoms with Crippen LogP contribution in [0.2, 0.25) is 0 Å². The van der Waals surface area contributed by atoms with Crippen LogP contribution in [-0.4, -0.2) is 16.6 Å². The molecule has 106 valence electrons. The Bertz CT molecular complexity index is 453. The third kappa shape index (κ3) is 2.72. The highest BCUT2D eigenvalue weighted by molar-refractivity contribution is 5.47. The van der Waals surface area contributed by atoms with E-state index < -0.39 is 0 Å². The molecule has 1 atom stereocenters. The van der Waals surface area contributed by atoms with Crippen LogP contribution < -0.4 is 11.3 Å². The Labute approximate surface area is 114 Å². The first-order chi connectivity index (χ1) is 8.98. The molecule has 3 N–H and O–H groups in total. The second-order valence-corrected chi connectivity index (χ2v) is 5.73. The molecule has 2 heterocycles. The highest BCUT2D eigenvalue weighted by Gasteiger charge is 2.34. The van der Waals surface area contributed by atoms with E-state index in [2.05, 4.69) is 36.2 Å². The van der Waals surface area contributed by atoms with Gasteiger partial charge in [0.25, 0.3) is 0 Å². The number of nitrogens with two attached hydrogens (primary N) is 1. The molecular formula is C14H24N4O. The lowest BCUT2D eigenvalue weighted by atomic mass is 9.94. The molecule has 0 spiro atoms. The molecule has 0 aromatic carbocycles. The number of nitrogen functional groups attached to an aromatic ring is 1. The third-order valence-electron chi connectivity index (χ3n) is 3.79. The van der Waals surface area contributed by atoms with Crippen LogP contribution in [0.3, 0.4) is 0 Å². The molecule has 1 aliphatic heterocycles. The molecule has 0 aliphatic carbocycles. The van der Waals surface area contributed by atoms with Gasteiger partial charge in [-0.15, -0.1) is 0 Å². The monoisotopic (exact) mass is 264 g/mol. The molecule has 0 saturated carbocycles. The van der Waals surface area contributed by atoms with Crippen molar-refractivity contribution in [2.75, 3.05) is 12.0 Å². The van der Waals surface area contributed by atoms with Gasteiger partial charge in [0.15, 0.2) is 5.82 Å². The number of hydrazine groups is 1. The Kier molecular flexibility index (Phi) is 4.06. The van der Waals surface area contributed by atoms with E-state index in [0.717, 1.165) is 43.0 Å². The highest BCUT2D eigenvalue weighted by Crippen LogP contribution is 2.35.